The molecule has 1 unspecified atom stereocenters. The van der Waals surface area contributed by atoms with E-state index >= 15 is 0 Å². The first-order chi connectivity index (χ1) is 9.86. The number of rotatable bonds is 6. The van der Waals surface area contributed by atoms with Crippen molar-refractivity contribution in [1.82, 2.24) is 5.32 Å². The molecule has 0 aliphatic heterocycles. The third-order valence-corrected chi connectivity index (χ3v) is 2.47. The van der Waals surface area contributed by atoms with Crippen LogP contribution >= 0.6 is 0 Å². The van der Waals surface area contributed by atoms with E-state index in [4.69, 9.17) is 10.8 Å². The van der Waals surface area contributed by atoms with Gasteiger partial charge in [-0.05, 0) is 30.7 Å². The van der Waals surface area contributed by atoms with Crippen molar-refractivity contribution in [2.24, 2.45) is 5.73 Å². The van der Waals surface area contributed by atoms with Gasteiger partial charge in [0.15, 0.2) is 0 Å². The smallest absolute Gasteiger partial charge is 0.328 e. The van der Waals surface area contributed by atoms with Crippen molar-refractivity contribution < 1.29 is 19.5 Å². The van der Waals surface area contributed by atoms with Crippen molar-refractivity contribution in [3.63, 3.8) is 0 Å². The average molecular weight is 291 g/mol. The van der Waals surface area contributed by atoms with Crippen LogP contribution < -0.4 is 16.4 Å². The molecule has 0 bridgehead atoms. The molecule has 21 heavy (non-hydrogen) atoms. The number of hydrogen-bond donors (Lipinski definition) is 4. The lowest BCUT2D eigenvalue weighted by Gasteiger charge is -2.13. The van der Waals surface area contributed by atoms with E-state index in [1.54, 1.807) is 31.2 Å². The Balaban J connectivity index is 2.53. The number of benzene rings is 1. The second-order valence-electron chi connectivity index (χ2n) is 4.46. The summed E-state index contributed by atoms with van der Waals surface area (Å²) >= 11 is 0. The number of carbonyl (C=O) groups excluding carboxylic acids is 2. The number of carboxylic acids is 1. The molecule has 1 aromatic carbocycles. The van der Waals surface area contributed by atoms with Crippen molar-refractivity contribution in [3.8, 4) is 0 Å². The fourth-order valence-corrected chi connectivity index (χ4v) is 1.59. The summed E-state index contributed by atoms with van der Waals surface area (Å²) < 4.78 is 0. The number of hydrogen-bond acceptors (Lipinski definition) is 3. The summed E-state index contributed by atoms with van der Waals surface area (Å²) in [5, 5.41) is 13.7. The number of nitrogens with two attached hydrogens (primary N) is 1. The lowest BCUT2D eigenvalue weighted by molar-refractivity contribution is -0.131. The minimum Gasteiger partial charge on any atom is -0.478 e. The van der Waals surface area contributed by atoms with Crippen molar-refractivity contribution in [2.75, 3.05) is 5.32 Å². The van der Waals surface area contributed by atoms with Gasteiger partial charge in [0.05, 0.1) is 0 Å². The van der Waals surface area contributed by atoms with Crippen LogP contribution in [0.15, 0.2) is 30.3 Å². The Kier molecular flexibility index (Phi) is 5.94. The van der Waals surface area contributed by atoms with Crippen LogP contribution in [0.1, 0.15) is 18.9 Å². The molecule has 5 N–H and O–H groups in total. The van der Waals surface area contributed by atoms with Gasteiger partial charge < -0.3 is 21.5 Å². The van der Waals surface area contributed by atoms with Gasteiger partial charge in [-0.25, -0.2) is 9.59 Å². The highest BCUT2D eigenvalue weighted by Gasteiger charge is 2.09. The maximum absolute atomic E-state index is 11.6. The van der Waals surface area contributed by atoms with E-state index in [2.05, 4.69) is 10.6 Å². The number of carbonyl (C=O) groups is 3. The summed E-state index contributed by atoms with van der Waals surface area (Å²) in [5.74, 6) is -1.52. The van der Waals surface area contributed by atoms with Crippen LogP contribution in [0, 0.1) is 0 Å². The topological polar surface area (TPSA) is 122 Å². The summed E-state index contributed by atoms with van der Waals surface area (Å²) in [6, 6.07) is 5.81. The van der Waals surface area contributed by atoms with Gasteiger partial charge in [0.2, 0.25) is 5.91 Å². The van der Waals surface area contributed by atoms with Crippen LogP contribution in [0.4, 0.5) is 10.5 Å². The van der Waals surface area contributed by atoms with Crippen LogP contribution in [0.5, 0.6) is 0 Å². The number of amides is 3. The zero-order valence-corrected chi connectivity index (χ0v) is 11.5. The second kappa shape index (κ2) is 7.68. The number of primary amides is 1. The van der Waals surface area contributed by atoms with Crippen molar-refractivity contribution in [2.45, 2.75) is 19.4 Å². The molecule has 0 saturated carbocycles. The molecule has 3 amide bonds. The van der Waals surface area contributed by atoms with Crippen molar-refractivity contribution in [3.05, 3.63) is 35.9 Å². The summed E-state index contributed by atoms with van der Waals surface area (Å²) in [7, 11) is 0. The van der Waals surface area contributed by atoms with Crippen LogP contribution in [0.3, 0.4) is 0 Å². The molecule has 1 rings (SSSR count). The zero-order valence-electron chi connectivity index (χ0n) is 11.5. The van der Waals surface area contributed by atoms with Crippen molar-refractivity contribution >= 4 is 29.7 Å². The minimum absolute atomic E-state index is 0.0618. The fourth-order valence-electron chi connectivity index (χ4n) is 1.59. The molecule has 0 radical (unpaired) electrons. The monoisotopic (exact) mass is 291 g/mol. The first-order valence-electron chi connectivity index (χ1n) is 6.23. The third kappa shape index (κ3) is 6.76. The Morgan fingerprint density at radius 1 is 1.29 bits per heavy atom. The van der Waals surface area contributed by atoms with Crippen LogP contribution in [0.2, 0.25) is 0 Å². The van der Waals surface area contributed by atoms with Crippen LogP contribution in [0.25, 0.3) is 6.08 Å². The molecule has 0 fully saturated rings. The Labute approximate surface area is 121 Å². The Hall–Kier alpha value is -2.83. The molecule has 0 saturated heterocycles. The lowest BCUT2D eigenvalue weighted by Crippen LogP contribution is -2.38. The highest BCUT2D eigenvalue weighted by molar-refractivity contribution is 5.90. The van der Waals surface area contributed by atoms with Crippen LogP contribution in [-0.4, -0.2) is 29.1 Å². The molecule has 0 aliphatic rings. The molecule has 1 atom stereocenters. The highest BCUT2D eigenvalue weighted by atomic mass is 16.4. The van der Waals surface area contributed by atoms with Gasteiger partial charge in [-0.2, -0.15) is 0 Å². The zero-order chi connectivity index (χ0) is 15.8. The van der Waals surface area contributed by atoms with Gasteiger partial charge in [-0.1, -0.05) is 12.1 Å². The third-order valence-electron chi connectivity index (χ3n) is 2.47. The molecule has 0 heterocycles. The van der Waals surface area contributed by atoms with Crippen molar-refractivity contribution in [1.29, 1.82) is 0 Å². The van der Waals surface area contributed by atoms with E-state index in [-0.39, 0.29) is 12.5 Å². The van der Waals surface area contributed by atoms with E-state index in [1.165, 1.54) is 6.08 Å². The second-order valence-corrected chi connectivity index (χ2v) is 4.46. The summed E-state index contributed by atoms with van der Waals surface area (Å²) in [4.78, 5) is 32.7. The van der Waals surface area contributed by atoms with E-state index in [0.29, 0.717) is 11.3 Å². The first-order valence-corrected chi connectivity index (χ1v) is 6.23. The Morgan fingerprint density at radius 2 is 1.90 bits per heavy atom. The first kappa shape index (κ1) is 16.2. The molecular formula is C14H17N3O4. The molecule has 7 heteroatoms. The minimum atomic E-state index is -1.03. The normalized spacial score (nSPS) is 11.9. The van der Waals surface area contributed by atoms with Gasteiger partial charge in [-0.3, -0.25) is 4.79 Å². The lowest BCUT2D eigenvalue weighted by atomic mass is 10.2. The Morgan fingerprint density at radius 3 is 2.43 bits per heavy atom. The van der Waals surface area contributed by atoms with Gasteiger partial charge in [0.1, 0.15) is 0 Å². The number of aliphatic carboxylic acids is 1. The highest BCUT2D eigenvalue weighted by Crippen LogP contribution is 2.10. The number of nitrogens with one attached hydrogen (secondary N) is 2. The quantitative estimate of drug-likeness (QED) is 0.588. The predicted molar refractivity (Wildman–Crippen MR) is 78.5 cm³/mol. The Bertz CT molecular complexity index is 552. The SMILES string of the molecule is CC(CC(N)=O)NC(=O)Nc1ccc(/C=C/C(=O)O)cc1. The van der Waals surface area contributed by atoms with Gasteiger partial charge in [-0.15, -0.1) is 0 Å². The summed E-state index contributed by atoms with van der Waals surface area (Å²) in [6.45, 7) is 1.67. The number of carboxylic acid groups (broad SMARTS) is 1. The fraction of sp³-hybridized carbons (Fsp3) is 0.214. The molecular weight excluding hydrogens is 274 g/mol. The van der Waals surface area contributed by atoms with E-state index < -0.39 is 17.9 Å². The molecule has 1 aromatic rings. The van der Waals surface area contributed by atoms with E-state index in [9.17, 15) is 14.4 Å². The largest absolute Gasteiger partial charge is 0.478 e. The summed E-state index contributed by atoms with van der Waals surface area (Å²) in [6.07, 6.45) is 2.54. The molecule has 0 aromatic heterocycles. The van der Waals surface area contributed by atoms with Crippen LogP contribution in [-0.2, 0) is 9.59 Å². The number of anilines is 1. The predicted octanol–water partition coefficient (Wildman–Crippen LogP) is 1.17. The van der Waals surface area contributed by atoms with Gasteiger partial charge in [0, 0.05) is 24.2 Å². The summed E-state index contributed by atoms with van der Waals surface area (Å²) in [5.41, 5.74) is 6.28. The molecule has 7 nitrogen and oxygen atoms in total. The molecule has 112 valence electrons. The van der Waals surface area contributed by atoms with E-state index in [0.717, 1.165) is 6.08 Å². The average Bonchev–Trinajstić information content (AvgIpc) is 2.36. The maximum atomic E-state index is 11.6. The maximum Gasteiger partial charge on any atom is 0.328 e. The molecule has 0 spiro atoms. The van der Waals surface area contributed by atoms with Gasteiger partial charge in [0.25, 0.3) is 0 Å². The van der Waals surface area contributed by atoms with E-state index in [1.807, 2.05) is 0 Å². The number of urea groups is 1. The van der Waals surface area contributed by atoms with Gasteiger partial charge >= 0.3 is 12.0 Å². The standard InChI is InChI=1S/C14H17N3O4/c1-9(8-12(15)18)16-14(21)17-11-5-2-10(3-6-11)4-7-13(19)20/h2-7,9H,8H2,1H3,(H2,15,18)(H,19,20)(H2,16,17,21)/b7-4+. The molecule has 0 aliphatic carbocycles.